The van der Waals surface area contributed by atoms with Crippen LogP contribution in [0.15, 0.2) is 30.3 Å². The molecule has 0 aliphatic heterocycles. The van der Waals surface area contributed by atoms with E-state index in [1.54, 1.807) is 0 Å². The summed E-state index contributed by atoms with van der Waals surface area (Å²) >= 11 is 0. The molecule has 0 saturated carbocycles. The number of unbranched alkanes of at least 4 members (excludes halogenated alkanes) is 8. The Morgan fingerprint density at radius 3 is 1.84 bits per heavy atom. The summed E-state index contributed by atoms with van der Waals surface area (Å²) in [6.07, 6.45) is 14.4. The van der Waals surface area contributed by atoms with Crippen LogP contribution in [0.3, 0.4) is 0 Å². The molecule has 0 heterocycles. The smallest absolute Gasteiger partial charge is 0.303 e. The number of carbonyl (C=O) groups is 2. The number of carboxylic acids is 1. The van der Waals surface area contributed by atoms with Crippen LogP contribution in [0.4, 0.5) is 0 Å². The summed E-state index contributed by atoms with van der Waals surface area (Å²) in [6, 6.07) is 10.4. The van der Waals surface area contributed by atoms with Crippen molar-refractivity contribution >= 4 is 11.9 Å². The molecule has 0 aliphatic carbocycles. The maximum Gasteiger partial charge on any atom is 0.303 e. The number of esters is 1. The van der Waals surface area contributed by atoms with Gasteiger partial charge in [-0.2, -0.15) is 0 Å². The highest BCUT2D eigenvalue weighted by molar-refractivity contribution is 5.67. The number of ether oxygens (including phenoxy) is 2. The third kappa shape index (κ3) is 15.9. The number of hydrogen-bond acceptors (Lipinski definition) is 4. The van der Waals surface area contributed by atoms with Gasteiger partial charge in [-0.05, 0) is 37.7 Å². The molecule has 1 N–H and O–H groups in total. The predicted molar refractivity (Wildman–Crippen MR) is 129 cm³/mol. The van der Waals surface area contributed by atoms with E-state index >= 15 is 0 Å². The highest BCUT2D eigenvalue weighted by Gasteiger charge is 2.13. The topological polar surface area (TPSA) is 72.8 Å². The van der Waals surface area contributed by atoms with Gasteiger partial charge in [-0.25, -0.2) is 0 Å². The first kappa shape index (κ1) is 28.2. The van der Waals surface area contributed by atoms with E-state index in [0.717, 1.165) is 32.1 Å². The number of carbonyl (C=O) groups excluding carboxylic acids is 1. The van der Waals surface area contributed by atoms with Gasteiger partial charge in [-0.3, -0.25) is 9.59 Å². The lowest BCUT2D eigenvalue weighted by molar-refractivity contribution is -0.149. The Morgan fingerprint density at radius 1 is 0.812 bits per heavy atom. The molecule has 0 aliphatic rings. The Bertz CT molecular complexity index is 601. The lowest BCUT2D eigenvalue weighted by Gasteiger charge is -2.16. The predicted octanol–water partition coefficient (Wildman–Crippen LogP) is 7.07. The summed E-state index contributed by atoms with van der Waals surface area (Å²) in [4.78, 5) is 21.9. The molecule has 5 heteroatoms. The van der Waals surface area contributed by atoms with Gasteiger partial charge in [0, 0.05) is 13.3 Å². The van der Waals surface area contributed by atoms with E-state index < -0.39 is 5.97 Å². The van der Waals surface area contributed by atoms with E-state index in [1.807, 2.05) is 6.07 Å². The molecule has 1 aromatic rings. The lowest BCUT2D eigenvalue weighted by atomic mass is 10.0. The van der Waals surface area contributed by atoms with Crippen LogP contribution in [0.2, 0.25) is 0 Å². The van der Waals surface area contributed by atoms with Crippen LogP contribution in [0.1, 0.15) is 109 Å². The highest BCUT2D eigenvalue weighted by atomic mass is 16.5. The Morgan fingerprint density at radius 2 is 1.34 bits per heavy atom. The maximum absolute atomic E-state index is 11.2. The summed E-state index contributed by atoms with van der Waals surface area (Å²) in [5.41, 5.74) is 1.24. The van der Waals surface area contributed by atoms with Crippen molar-refractivity contribution in [1.82, 2.24) is 0 Å². The van der Waals surface area contributed by atoms with Crippen LogP contribution in [-0.2, 0) is 25.7 Å². The van der Waals surface area contributed by atoms with Crippen LogP contribution >= 0.6 is 0 Å². The molecule has 0 amide bonds. The van der Waals surface area contributed by atoms with E-state index in [1.165, 1.54) is 57.4 Å². The number of hydrogen-bond donors (Lipinski definition) is 1. The van der Waals surface area contributed by atoms with Gasteiger partial charge in [0.15, 0.2) is 0 Å². The molecule has 0 fully saturated rings. The first-order valence-corrected chi connectivity index (χ1v) is 12.6. The van der Waals surface area contributed by atoms with Crippen molar-refractivity contribution in [2.45, 2.75) is 123 Å². The molecule has 1 aromatic carbocycles. The van der Waals surface area contributed by atoms with Gasteiger partial charge in [0.05, 0.1) is 12.7 Å². The van der Waals surface area contributed by atoms with Crippen LogP contribution in [0.25, 0.3) is 0 Å². The Hall–Kier alpha value is -1.88. The third-order valence-electron chi connectivity index (χ3n) is 5.85. The van der Waals surface area contributed by atoms with Crippen molar-refractivity contribution in [3.63, 3.8) is 0 Å². The minimum atomic E-state index is -0.841. The van der Waals surface area contributed by atoms with Crippen molar-refractivity contribution in [3.05, 3.63) is 35.9 Å². The molecule has 0 bridgehead atoms. The SMILES string of the molecule is CCC(CCCCCCCCCCCC(CCC(=O)O)OC(C)=O)OCc1ccccc1. The molecule has 0 saturated heterocycles. The van der Waals surface area contributed by atoms with E-state index in [4.69, 9.17) is 14.6 Å². The van der Waals surface area contributed by atoms with Gasteiger partial charge in [-0.1, -0.05) is 88.6 Å². The van der Waals surface area contributed by atoms with Gasteiger partial charge < -0.3 is 14.6 Å². The molecule has 2 unspecified atom stereocenters. The summed E-state index contributed by atoms with van der Waals surface area (Å²) in [7, 11) is 0. The third-order valence-corrected chi connectivity index (χ3v) is 5.85. The number of aliphatic carboxylic acids is 1. The molecule has 182 valence electrons. The second-order valence-electron chi connectivity index (χ2n) is 8.75. The largest absolute Gasteiger partial charge is 0.481 e. The molecule has 5 nitrogen and oxygen atoms in total. The van der Waals surface area contributed by atoms with Crippen LogP contribution in [0, 0.1) is 0 Å². The molecule has 0 radical (unpaired) electrons. The summed E-state index contributed by atoms with van der Waals surface area (Å²) in [5.74, 6) is -1.17. The van der Waals surface area contributed by atoms with Gasteiger partial charge in [0.1, 0.15) is 6.10 Å². The van der Waals surface area contributed by atoms with Gasteiger partial charge >= 0.3 is 11.9 Å². The summed E-state index contributed by atoms with van der Waals surface area (Å²) < 4.78 is 11.3. The monoisotopic (exact) mass is 448 g/mol. The zero-order valence-corrected chi connectivity index (χ0v) is 20.2. The number of carboxylic acid groups (broad SMARTS) is 1. The van der Waals surface area contributed by atoms with E-state index in [0.29, 0.717) is 19.1 Å². The first-order chi connectivity index (χ1) is 15.5. The van der Waals surface area contributed by atoms with Crippen LogP contribution in [-0.4, -0.2) is 29.3 Å². The Kier molecular flexibility index (Phi) is 16.4. The van der Waals surface area contributed by atoms with Crippen molar-refractivity contribution in [2.75, 3.05) is 0 Å². The number of benzene rings is 1. The second-order valence-corrected chi connectivity index (χ2v) is 8.75. The zero-order valence-electron chi connectivity index (χ0n) is 20.2. The first-order valence-electron chi connectivity index (χ1n) is 12.6. The molecule has 1 rings (SSSR count). The van der Waals surface area contributed by atoms with E-state index in [2.05, 4.69) is 31.2 Å². The number of rotatable bonds is 20. The summed E-state index contributed by atoms with van der Waals surface area (Å²) in [5, 5.41) is 8.80. The molecule has 2 atom stereocenters. The van der Waals surface area contributed by atoms with Crippen molar-refractivity contribution in [1.29, 1.82) is 0 Å². The van der Waals surface area contributed by atoms with E-state index in [9.17, 15) is 9.59 Å². The van der Waals surface area contributed by atoms with Gasteiger partial charge in [0.25, 0.3) is 0 Å². The zero-order chi connectivity index (χ0) is 23.4. The molecule has 32 heavy (non-hydrogen) atoms. The summed E-state index contributed by atoms with van der Waals surface area (Å²) in [6.45, 7) is 4.30. The second kappa shape index (κ2) is 18.7. The molecular weight excluding hydrogens is 404 g/mol. The van der Waals surface area contributed by atoms with Crippen molar-refractivity contribution in [2.24, 2.45) is 0 Å². The quantitative estimate of drug-likeness (QED) is 0.171. The fourth-order valence-corrected chi connectivity index (χ4v) is 3.96. The minimum Gasteiger partial charge on any atom is -0.481 e. The molecule has 0 aromatic heterocycles. The highest BCUT2D eigenvalue weighted by Crippen LogP contribution is 2.17. The minimum absolute atomic E-state index is 0.0517. The van der Waals surface area contributed by atoms with Crippen LogP contribution in [0.5, 0.6) is 0 Å². The standard InChI is InChI=1S/C27H44O5/c1-3-25(31-22-24-16-12-11-13-17-24)18-14-9-7-5-4-6-8-10-15-19-26(32-23(2)28)20-21-27(29)30/h11-13,16-17,25-26H,3-10,14-15,18-22H2,1-2H3,(H,29,30). The average molecular weight is 449 g/mol. The fraction of sp³-hybridized carbons (Fsp3) is 0.704. The fourth-order valence-electron chi connectivity index (χ4n) is 3.96. The van der Waals surface area contributed by atoms with Crippen LogP contribution < -0.4 is 0 Å². The molecule has 0 spiro atoms. The Labute approximate surface area is 194 Å². The van der Waals surface area contributed by atoms with Crippen molar-refractivity contribution < 1.29 is 24.2 Å². The maximum atomic E-state index is 11.2. The van der Waals surface area contributed by atoms with Gasteiger partial charge in [-0.15, -0.1) is 0 Å². The molecular formula is C27H44O5. The average Bonchev–Trinajstić information content (AvgIpc) is 2.77. The normalized spacial score (nSPS) is 12.9. The Balaban J connectivity index is 1.97. The van der Waals surface area contributed by atoms with E-state index in [-0.39, 0.29) is 18.5 Å². The van der Waals surface area contributed by atoms with Crippen molar-refractivity contribution in [3.8, 4) is 0 Å². The lowest BCUT2D eigenvalue weighted by Crippen LogP contribution is -2.17. The van der Waals surface area contributed by atoms with Gasteiger partial charge in [0.2, 0.25) is 0 Å².